The van der Waals surface area contributed by atoms with Gasteiger partial charge in [-0.25, -0.2) is 0 Å². The van der Waals surface area contributed by atoms with Crippen LogP contribution in [-0.4, -0.2) is 16.5 Å². The molecule has 106 valence electrons. The molecule has 0 aliphatic heterocycles. The Labute approximate surface area is 113 Å². The molecule has 0 aliphatic rings. The summed E-state index contributed by atoms with van der Waals surface area (Å²) in [6.45, 7) is 4.59. The van der Waals surface area contributed by atoms with Gasteiger partial charge in [0.2, 0.25) is 5.91 Å². The quantitative estimate of drug-likeness (QED) is 0.788. The molecule has 0 fully saturated rings. The highest BCUT2D eigenvalue weighted by Crippen LogP contribution is 2.06. The number of nitrogens with one attached hydrogen (secondary N) is 1. The number of carbonyl (C=O) groups excluding carboxylic acids is 1. The number of anilines is 1. The van der Waals surface area contributed by atoms with Gasteiger partial charge in [-0.2, -0.15) is 0 Å². The molecule has 0 radical (unpaired) electrons. The smallest absolute Gasteiger partial charge is 0.250 e. The summed E-state index contributed by atoms with van der Waals surface area (Å²) in [6, 6.07) is 3.24. The van der Waals surface area contributed by atoms with Gasteiger partial charge in [0.05, 0.1) is 5.69 Å². The van der Waals surface area contributed by atoms with Crippen molar-refractivity contribution in [3.05, 3.63) is 28.7 Å². The van der Waals surface area contributed by atoms with E-state index in [1.54, 1.807) is 16.8 Å². The number of hydrogen-bond donors (Lipinski definition) is 2. The molecule has 0 aromatic carbocycles. The van der Waals surface area contributed by atoms with Crippen molar-refractivity contribution in [3.63, 3.8) is 0 Å². The third-order valence-electron chi connectivity index (χ3n) is 2.80. The lowest BCUT2D eigenvalue weighted by Gasteiger charge is -2.09. The van der Waals surface area contributed by atoms with Crippen LogP contribution in [0.25, 0.3) is 0 Å². The first kappa shape index (κ1) is 15.4. The molecule has 0 saturated carbocycles. The number of hydrogen-bond acceptors (Lipinski definition) is 3. The molecular formula is C14H23N3O2. The van der Waals surface area contributed by atoms with Crippen LogP contribution in [0.15, 0.2) is 23.1 Å². The van der Waals surface area contributed by atoms with Crippen LogP contribution in [0, 0.1) is 0 Å². The fourth-order valence-electron chi connectivity index (χ4n) is 1.83. The Kier molecular flexibility index (Phi) is 6.29. The average molecular weight is 265 g/mol. The Morgan fingerprint density at radius 1 is 1.47 bits per heavy atom. The fraction of sp³-hybridized carbons (Fsp3) is 0.571. The van der Waals surface area contributed by atoms with Crippen LogP contribution >= 0.6 is 0 Å². The number of aryl methyl sites for hydroxylation is 1. The molecule has 19 heavy (non-hydrogen) atoms. The van der Waals surface area contributed by atoms with Gasteiger partial charge in [-0.05, 0) is 32.3 Å². The third-order valence-corrected chi connectivity index (χ3v) is 2.80. The van der Waals surface area contributed by atoms with E-state index in [0.717, 1.165) is 19.3 Å². The van der Waals surface area contributed by atoms with E-state index >= 15 is 0 Å². The van der Waals surface area contributed by atoms with Crippen molar-refractivity contribution < 1.29 is 4.79 Å². The van der Waals surface area contributed by atoms with Gasteiger partial charge >= 0.3 is 0 Å². The summed E-state index contributed by atoms with van der Waals surface area (Å²) in [4.78, 5) is 23.2. The Morgan fingerprint density at radius 3 is 2.84 bits per heavy atom. The first-order valence-electron chi connectivity index (χ1n) is 6.79. The zero-order valence-corrected chi connectivity index (χ0v) is 11.7. The summed E-state index contributed by atoms with van der Waals surface area (Å²) in [5.41, 5.74) is 6.25. The van der Waals surface area contributed by atoms with Crippen molar-refractivity contribution in [1.82, 2.24) is 4.57 Å². The number of rotatable bonds is 7. The molecule has 1 rings (SSSR count). The first-order valence-corrected chi connectivity index (χ1v) is 6.79. The largest absolute Gasteiger partial charge is 0.328 e. The van der Waals surface area contributed by atoms with E-state index in [1.807, 2.05) is 13.8 Å². The number of nitrogens with zero attached hydrogens (tertiary/aromatic N) is 1. The molecule has 1 aromatic rings. The Balaban J connectivity index is 2.54. The van der Waals surface area contributed by atoms with Crippen LogP contribution in [0.4, 0.5) is 5.69 Å². The van der Waals surface area contributed by atoms with Crippen molar-refractivity contribution in [2.75, 3.05) is 5.32 Å². The molecule has 1 atom stereocenters. The van der Waals surface area contributed by atoms with Gasteiger partial charge < -0.3 is 15.6 Å². The average Bonchev–Trinajstić information content (AvgIpc) is 2.33. The van der Waals surface area contributed by atoms with Crippen LogP contribution in [0.1, 0.15) is 39.5 Å². The van der Waals surface area contributed by atoms with Crippen LogP contribution in [0.2, 0.25) is 0 Å². The summed E-state index contributed by atoms with van der Waals surface area (Å²) in [6.07, 6.45) is 4.64. The Hall–Kier alpha value is -1.62. The predicted octanol–water partition coefficient (Wildman–Crippen LogP) is 1.71. The lowest BCUT2D eigenvalue weighted by atomic mass is 10.1. The molecule has 1 amide bonds. The molecule has 0 bridgehead atoms. The van der Waals surface area contributed by atoms with Crippen molar-refractivity contribution >= 4 is 11.6 Å². The SMILES string of the molecule is CCCn1cc(NC(=O)CCCC(C)N)ccc1=O. The van der Waals surface area contributed by atoms with Crippen molar-refractivity contribution in [2.24, 2.45) is 5.73 Å². The van der Waals surface area contributed by atoms with E-state index < -0.39 is 0 Å². The number of nitrogens with two attached hydrogens (primary N) is 1. The van der Waals surface area contributed by atoms with E-state index in [2.05, 4.69) is 5.32 Å². The van der Waals surface area contributed by atoms with E-state index in [4.69, 9.17) is 5.73 Å². The van der Waals surface area contributed by atoms with E-state index in [0.29, 0.717) is 18.7 Å². The third kappa shape index (κ3) is 5.70. The molecule has 1 heterocycles. The predicted molar refractivity (Wildman–Crippen MR) is 77.1 cm³/mol. The van der Waals surface area contributed by atoms with E-state index in [-0.39, 0.29) is 17.5 Å². The molecule has 0 aliphatic carbocycles. The summed E-state index contributed by atoms with van der Waals surface area (Å²) in [5.74, 6) is -0.0395. The molecular weight excluding hydrogens is 242 g/mol. The van der Waals surface area contributed by atoms with Gasteiger partial charge in [0, 0.05) is 31.3 Å². The zero-order chi connectivity index (χ0) is 14.3. The van der Waals surface area contributed by atoms with Crippen LogP contribution in [0.3, 0.4) is 0 Å². The van der Waals surface area contributed by atoms with Crippen molar-refractivity contribution in [3.8, 4) is 0 Å². The minimum atomic E-state index is -0.0446. The zero-order valence-electron chi connectivity index (χ0n) is 11.7. The second kappa shape index (κ2) is 7.74. The maximum absolute atomic E-state index is 11.7. The first-order chi connectivity index (χ1) is 9.02. The van der Waals surface area contributed by atoms with Gasteiger partial charge in [-0.3, -0.25) is 9.59 Å². The summed E-state index contributed by atoms with van der Waals surface area (Å²) in [7, 11) is 0. The second-order valence-electron chi connectivity index (χ2n) is 4.87. The van der Waals surface area contributed by atoms with E-state index in [9.17, 15) is 9.59 Å². The van der Waals surface area contributed by atoms with Gasteiger partial charge in [0.25, 0.3) is 5.56 Å². The minimum Gasteiger partial charge on any atom is -0.328 e. The molecule has 3 N–H and O–H groups in total. The topological polar surface area (TPSA) is 77.1 Å². The summed E-state index contributed by atoms with van der Waals surface area (Å²) < 4.78 is 1.61. The maximum atomic E-state index is 11.7. The van der Waals surface area contributed by atoms with Crippen LogP contribution in [-0.2, 0) is 11.3 Å². The monoisotopic (exact) mass is 265 g/mol. The maximum Gasteiger partial charge on any atom is 0.250 e. The van der Waals surface area contributed by atoms with Crippen LogP contribution in [0.5, 0.6) is 0 Å². The second-order valence-corrected chi connectivity index (χ2v) is 4.87. The number of amides is 1. The van der Waals surface area contributed by atoms with Crippen LogP contribution < -0.4 is 16.6 Å². The highest BCUT2D eigenvalue weighted by molar-refractivity contribution is 5.90. The summed E-state index contributed by atoms with van der Waals surface area (Å²) >= 11 is 0. The fourth-order valence-corrected chi connectivity index (χ4v) is 1.83. The molecule has 5 nitrogen and oxygen atoms in total. The number of carbonyl (C=O) groups is 1. The van der Waals surface area contributed by atoms with E-state index in [1.165, 1.54) is 6.07 Å². The lowest BCUT2D eigenvalue weighted by Crippen LogP contribution is -2.20. The molecule has 1 unspecified atom stereocenters. The number of aromatic nitrogens is 1. The highest BCUT2D eigenvalue weighted by Gasteiger charge is 2.04. The minimum absolute atomic E-state index is 0.0395. The van der Waals surface area contributed by atoms with Crippen molar-refractivity contribution in [2.45, 2.75) is 52.1 Å². The Bertz CT molecular complexity index is 466. The number of pyridine rings is 1. The van der Waals surface area contributed by atoms with Gasteiger partial charge in [0.1, 0.15) is 0 Å². The Morgan fingerprint density at radius 2 is 2.21 bits per heavy atom. The van der Waals surface area contributed by atoms with Gasteiger partial charge in [0.15, 0.2) is 0 Å². The molecule has 0 saturated heterocycles. The molecule has 5 heteroatoms. The lowest BCUT2D eigenvalue weighted by molar-refractivity contribution is -0.116. The standard InChI is InChI=1S/C14H23N3O2/c1-3-9-17-10-12(7-8-14(17)19)16-13(18)6-4-5-11(2)15/h7-8,10-11H,3-6,9,15H2,1-2H3,(H,16,18). The normalized spacial score (nSPS) is 12.2. The van der Waals surface area contributed by atoms with Crippen molar-refractivity contribution in [1.29, 1.82) is 0 Å². The molecule has 1 aromatic heterocycles. The van der Waals surface area contributed by atoms with Gasteiger partial charge in [-0.15, -0.1) is 0 Å². The van der Waals surface area contributed by atoms with Gasteiger partial charge in [-0.1, -0.05) is 6.92 Å². The highest BCUT2D eigenvalue weighted by atomic mass is 16.1. The summed E-state index contributed by atoms with van der Waals surface area (Å²) in [5, 5.41) is 2.80. The molecule has 0 spiro atoms.